The van der Waals surface area contributed by atoms with Crippen LogP contribution in [0.4, 0.5) is 14.9 Å². The Labute approximate surface area is 215 Å². The van der Waals surface area contributed by atoms with Crippen molar-refractivity contribution in [1.29, 1.82) is 0 Å². The second kappa shape index (κ2) is 10.8. The Balaban J connectivity index is 1.75. The van der Waals surface area contributed by atoms with E-state index < -0.39 is 38.8 Å². The summed E-state index contributed by atoms with van der Waals surface area (Å²) in [7, 11) is -2.49. The van der Waals surface area contributed by atoms with E-state index in [-0.39, 0.29) is 47.5 Å². The molecule has 196 valence electrons. The molecule has 1 amide bonds. The van der Waals surface area contributed by atoms with Crippen molar-refractivity contribution in [2.45, 2.75) is 51.0 Å². The molecule has 1 N–H and O–H groups in total. The van der Waals surface area contributed by atoms with Gasteiger partial charge in [-0.1, -0.05) is 11.6 Å². The van der Waals surface area contributed by atoms with E-state index >= 15 is 0 Å². The maximum absolute atomic E-state index is 13.8. The van der Waals surface area contributed by atoms with Crippen molar-refractivity contribution in [1.82, 2.24) is 14.2 Å². The smallest absolute Gasteiger partial charge is 0.465 e. The van der Waals surface area contributed by atoms with Gasteiger partial charge in [-0.25, -0.2) is 22.3 Å². The molecule has 12 heteroatoms. The molecule has 1 aliphatic heterocycles. The quantitative estimate of drug-likeness (QED) is 0.430. The molecular formula is C24H30ClFN3O6S+. The summed E-state index contributed by atoms with van der Waals surface area (Å²) in [5.41, 5.74) is 0.359. The third-order valence-corrected chi connectivity index (χ3v) is 8.13. The minimum absolute atomic E-state index is 0.0556. The summed E-state index contributed by atoms with van der Waals surface area (Å²) in [6.07, 6.45) is 1.09. The minimum atomic E-state index is -3.75. The summed E-state index contributed by atoms with van der Waals surface area (Å²) in [5, 5.41) is -0.882. The van der Waals surface area contributed by atoms with Crippen LogP contribution in [0.1, 0.15) is 49.7 Å². The van der Waals surface area contributed by atoms with Crippen LogP contribution >= 0.6 is 11.6 Å². The van der Waals surface area contributed by atoms with Gasteiger partial charge in [0.1, 0.15) is 17.1 Å². The van der Waals surface area contributed by atoms with Crippen molar-refractivity contribution in [3.05, 3.63) is 58.6 Å². The van der Waals surface area contributed by atoms with Crippen molar-refractivity contribution < 1.29 is 31.9 Å². The number of nitrogens with zero attached hydrogens (tertiary/aromatic N) is 2. The second-order valence-corrected chi connectivity index (χ2v) is 12.0. The second-order valence-electron chi connectivity index (χ2n) is 9.59. The molecule has 0 aliphatic carbocycles. The Hall–Kier alpha value is -2.60. The molecule has 2 heterocycles. The van der Waals surface area contributed by atoms with E-state index in [1.807, 2.05) is 0 Å². The molecule has 0 atom stereocenters. The van der Waals surface area contributed by atoms with Crippen LogP contribution < -0.4 is 9.21 Å². The van der Waals surface area contributed by atoms with Gasteiger partial charge in [-0.2, -0.15) is 9.28 Å². The molecule has 3 rings (SSSR count). The number of amides is 1. The summed E-state index contributed by atoms with van der Waals surface area (Å²) in [6, 6.07) is 7.09. The molecule has 1 aliphatic rings. The summed E-state index contributed by atoms with van der Waals surface area (Å²) in [4.78, 5) is 28.9. The molecule has 0 unspecified atom stereocenters. The molecule has 36 heavy (non-hydrogen) atoms. The van der Waals surface area contributed by atoms with Crippen LogP contribution in [0.25, 0.3) is 0 Å². The minimum Gasteiger partial charge on any atom is -0.465 e. The van der Waals surface area contributed by atoms with Gasteiger partial charge in [0, 0.05) is 31.2 Å². The van der Waals surface area contributed by atoms with Crippen LogP contribution in [0.3, 0.4) is 0 Å². The zero-order valence-corrected chi connectivity index (χ0v) is 22.2. The molecule has 0 radical (unpaired) electrons. The SMILES string of the molecule is COC(=O)c1ccc(CNS(=O)(=O)C2CC[N+](C(=O)OC(C)(C)C)(c3ccc(F)c(Cl)c3)CC2)nc1. The number of aromatic nitrogens is 1. The zero-order chi connectivity index (χ0) is 26.7. The highest BCUT2D eigenvalue weighted by Crippen LogP contribution is 2.35. The number of carbonyl (C=O) groups excluding carboxylic acids is 2. The maximum atomic E-state index is 13.8. The van der Waals surface area contributed by atoms with E-state index in [1.165, 1.54) is 37.6 Å². The Bertz CT molecular complexity index is 1220. The molecule has 2 aromatic rings. The lowest BCUT2D eigenvalue weighted by molar-refractivity contribution is 0.0230. The Kier molecular flexibility index (Phi) is 8.39. The highest BCUT2D eigenvalue weighted by Gasteiger charge is 2.48. The fraction of sp³-hybridized carbons (Fsp3) is 0.458. The first-order valence-corrected chi connectivity index (χ1v) is 13.3. The normalized spacial score (nSPS) is 20.6. The number of quaternary nitrogens is 1. The first-order valence-electron chi connectivity index (χ1n) is 11.4. The monoisotopic (exact) mass is 542 g/mol. The fourth-order valence-corrected chi connectivity index (χ4v) is 5.59. The lowest BCUT2D eigenvalue weighted by Gasteiger charge is -2.40. The predicted molar refractivity (Wildman–Crippen MR) is 134 cm³/mol. The van der Waals surface area contributed by atoms with E-state index in [0.717, 1.165) is 0 Å². The third-order valence-electron chi connectivity index (χ3n) is 5.95. The molecule has 0 bridgehead atoms. The number of carbonyl (C=O) groups is 2. The first kappa shape index (κ1) is 28.0. The molecule has 1 fully saturated rings. The van der Waals surface area contributed by atoms with Crippen molar-refractivity contribution >= 4 is 39.4 Å². The number of methoxy groups -OCH3 is 1. The van der Waals surface area contributed by atoms with Gasteiger partial charge < -0.3 is 9.47 Å². The number of piperidine rings is 1. The van der Waals surface area contributed by atoms with Crippen LogP contribution in [-0.2, 0) is 26.0 Å². The van der Waals surface area contributed by atoms with Crippen molar-refractivity contribution in [2.75, 3.05) is 20.2 Å². The van der Waals surface area contributed by atoms with Crippen molar-refractivity contribution in [3.63, 3.8) is 0 Å². The lowest BCUT2D eigenvalue weighted by atomic mass is 10.1. The largest absolute Gasteiger partial charge is 0.521 e. The summed E-state index contributed by atoms with van der Waals surface area (Å²) in [6.45, 7) is 5.44. The van der Waals surface area contributed by atoms with Gasteiger partial charge in [0.05, 0.1) is 48.3 Å². The van der Waals surface area contributed by atoms with Crippen LogP contribution in [0.2, 0.25) is 5.02 Å². The van der Waals surface area contributed by atoms with E-state index in [1.54, 1.807) is 26.8 Å². The average molecular weight is 543 g/mol. The van der Waals surface area contributed by atoms with Gasteiger partial charge in [-0.15, -0.1) is 0 Å². The zero-order valence-electron chi connectivity index (χ0n) is 20.6. The van der Waals surface area contributed by atoms with Crippen molar-refractivity contribution in [2.24, 2.45) is 0 Å². The fourth-order valence-electron chi connectivity index (χ4n) is 4.00. The number of hydrogen-bond donors (Lipinski definition) is 1. The topological polar surface area (TPSA) is 112 Å². The highest BCUT2D eigenvalue weighted by molar-refractivity contribution is 7.90. The van der Waals surface area contributed by atoms with E-state index in [2.05, 4.69) is 14.4 Å². The van der Waals surface area contributed by atoms with Crippen LogP contribution in [0.15, 0.2) is 36.5 Å². The number of halogens is 2. The van der Waals surface area contributed by atoms with Gasteiger partial charge in [-0.05, 0) is 39.0 Å². The van der Waals surface area contributed by atoms with E-state index in [9.17, 15) is 22.4 Å². The third kappa shape index (κ3) is 6.39. The average Bonchev–Trinajstić information content (AvgIpc) is 2.83. The Morgan fingerprint density at radius 2 is 1.86 bits per heavy atom. The number of esters is 1. The van der Waals surface area contributed by atoms with Gasteiger partial charge in [-0.3, -0.25) is 4.98 Å². The summed E-state index contributed by atoms with van der Waals surface area (Å²) < 4.78 is 52.4. The van der Waals surface area contributed by atoms with Crippen molar-refractivity contribution in [3.8, 4) is 0 Å². The van der Waals surface area contributed by atoms with Gasteiger partial charge in [0.25, 0.3) is 0 Å². The molecular weight excluding hydrogens is 513 g/mol. The standard InChI is InChI=1S/C24H30ClFN3O6S/c1-24(2,3)35-23(31)29(18-7-8-21(26)20(25)13-18)11-9-19(10-12-29)36(32,33)28-15-17-6-5-16(14-27-17)22(30)34-4/h5-8,13-14,19,28H,9-12,15H2,1-4H3/q+1. The van der Waals surface area contributed by atoms with Gasteiger partial charge >= 0.3 is 12.1 Å². The number of pyridine rings is 1. The van der Waals surface area contributed by atoms with Gasteiger partial charge in [0.15, 0.2) is 0 Å². The van der Waals surface area contributed by atoms with Crippen LogP contribution in [-0.4, -0.2) is 56.5 Å². The molecule has 0 spiro atoms. The number of ether oxygens (including phenoxy) is 2. The number of likely N-dealkylation sites (tertiary alicyclic amines) is 1. The summed E-state index contributed by atoms with van der Waals surface area (Å²) >= 11 is 5.99. The number of hydrogen-bond acceptors (Lipinski definition) is 7. The molecule has 1 aromatic carbocycles. The van der Waals surface area contributed by atoms with E-state index in [4.69, 9.17) is 16.3 Å². The van der Waals surface area contributed by atoms with Gasteiger partial charge in [0.2, 0.25) is 10.0 Å². The molecule has 0 saturated carbocycles. The molecule has 9 nitrogen and oxygen atoms in total. The summed E-state index contributed by atoms with van der Waals surface area (Å²) in [5.74, 6) is -1.15. The number of rotatable bonds is 6. The molecule has 1 saturated heterocycles. The van der Waals surface area contributed by atoms with E-state index in [0.29, 0.717) is 11.4 Å². The lowest BCUT2D eigenvalue weighted by Crippen LogP contribution is -2.61. The predicted octanol–water partition coefficient (Wildman–Crippen LogP) is 4.19. The number of benzene rings is 1. The first-order chi connectivity index (χ1) is 16.8. The van der Waals surface area contributed by atoms with Crippen LogP contribution in [0, 0.1) is 5.82 Å². The number of nitrogens with one attached hydrogen (secondary N) is 1. The van der Waals surface area contributed by atoms with Crippen LogP contribution in [0.5, 0.6) is 0 Å². The Morgan fingerprint density at radius 3 is 2.39 bits per heavy atom. The molecule has 1 aromatic heterocycles. The number of sulfonamides is 1. The maximum Gasteiger partial charge on any atom is 0.521 e. The highest BCUT2D eigenvalue weighted by atomic mass is 35.5. The Morgan fingerprint density at radius 1 is 1.19 bits per heavy atom.